The molecule has 0 amide bonds. The summed E-state index contributed by atoms with van der Waals surface area (Å²) in [5.74, 6) is 2.50. The number of nitrogens with one attached hydrogen (secondary N) is 2. The van der Waals surface area contributed by atoms with E-state index in [0.717, 1.165) is 37.8 Å². The molecule has 0 radical (unpaired) electrons. The first-order valence-corrected chi connectivity index (χ1v) is 8.51. The number of nitrogens with zero attached hydrogens (tertiary/aromatic N) is 5. The van der Waals surface area contributed by atoms with Gasteiger partial charge >= 0.3 is 0 Å². The number of rotatable bonds is 9. The molecule has 2 rings (SSSR count). The highest BCUT2D eigenvalue weighted by atomic mass is 127. The maximum absolute atomic E-state index is 5.24. The van der Waals surface area contributed by atoms with Crippen molar-refractivity contribution in [2.45, 2.75) is 46.1 Å². The number of guanidine groups is 1. The summed E-state index contributed by atoms with van der Waals surface area (Å²) in [6.07, 6.45) is 5.37. The number of hydrogen-bond acceptors (Lipinski definition) is 5. The predicted octanol–water partition coefficient (Wildman–Crippen LogP) is 2.20. The Hall–Kier alpha value is -1.65. The molecule has 25 heavy (non-hydrogen) atoms. The fourth-order valence-electron chi connectivity index (χ4n) is 2.09. The molecule has 0 saturated heterocycles. The van der Waals surface area contributed by atoms with Gasteiger partial charge in [0.2, 0.25) is 5.89 Å². The first-order chi connectivity index (χ1) is 11.7. The molecule has 0 saturated carbocycles. The van der Waals surface area contributed by atoms with Gasteiger partial charge < -0.3 is 15.2 Å². The molecule has 0 fully saturated rings. The van der Waals surface area contributed by atoms with Gasteiger partial charge in [0.05, 0.1) is 0 Å². The van der Waals surface area contributed by atoms with Crippen molar-refractivity contribution in [1.29, 1.82) is 0 Å². The van der Waals surface area contributed by atoms with Crippen LogP contribution in [0.2, 0.25) is 0 Å². The Morgan fingerprint density at radius 2 is 2.20 bits per heavy atom. The van der Waals surface area contributed by atoms with Crippen molar-refractivity contribution >= 4 is 29.9 Å². The Bertz CT molecular complexity index is 610. The molecule has 0 aliphatic heterocycles. The molecule has 0 spiro atoms. The summed E-state index contributed by atoms with van der Waals surface area (Å²) in [5, 5.41) is 14.7. The molecular weight excluding hydrogens is 433 g/mol. The first kappa shape index (κ1) is 21.4. The van der Waals surface area contributed by atoms with E-state index in [1.54, 1.807) is 6.20 Å². The number of aryl methyl sites for hydroxylation is 1. The topological polar surface area (TPSA) is 93.2 Å². The van der Waals surface area contributed by atoms with Crippen LogP contribution in [0.5, 0.6) is 0 Å². The molecule has 140 valence electrons. The molecule has 0 unspecified atom stereocenters. The van der Waals surface area contributed by atoms with E-state index in [0.29, 0.717) is 18.9 Å². The summed E-state index contributed by atoms with van der Waals surface area (Å²) in [6, 6.07) is 1.93. The Morgan fingerprint density at radius 3 is 2.84 bits per heavy atom. The second kappa shape index (κ2) is 11.8. The molecular formula is C16H28IN7O. The van der Waals surface area contributed by atoms with E-state index in [-0.39, 0.29) is 29.9 Å². The number of aliphatic imine (C=N–C) groups is 1. The second-order valence-corrected chi connectivity index (χ2v) is 5.76. The fourth-order valence-corrected chi connectivity index (χ4v) is 2.09. The van der Waals surface area contributed by atoms with E-state index in [9.17, 15) is 0 Å². The minimum atomic E-state index is 0. The molecule has 9 heteroatoms. The second-order valence-electron chi connectivity index (χ2n) is 5.76. The normalized spacial score (nSPS) is 11.4. The Morgan fingerprint density at radius 1 is 1.36 bits per heavy atom. The van der Waals surface area contributed by atoms with Gasteiger partial charge in [0, 0.05) is 50.9 Å². The monoisotopic (exact) mass is 461 g/mol. The molecule has 2 heterocycles. The van der Waals surface area contributed by atoms with Gasteiger partial charge in [-0.05, 0) is 19.4 Å². The quantitative estimate of drug-likeness (QED) is 0.258. The van der Waals surface area contributed by atoms with Gasteiger partial charge in [0.25, 0.3) is 0 Å². The lowest BCUT2D eigenvalue weighted by Gasteiger charge is -2.10. The van der Waals surface area contributed by atoms with Gasteiger partial charge in [-0.25, -0.2) is 0 Å². The molecule has 0 aliphatic carbocycles. The van der Waals surface area contributed by atoms with Crippen LogP contribution in [0.4, 0.5) is 0 Å². The maximum Gasteiger partial charge on any atom is 0.228 e. The summed E-state index contributed by atoms with van der Waals surface area (Å²) in [6.45, 7) is 9.28. The molecule has 2 aromatic rings. The van der Waals surface area contributed by atoms with Crippen LogP contribution in [-0.4, -0.2) is 45.5 Å². The van der Waals surface area contributed by atoms with Gasteiger partial charge in [0.1, 0.15) is 0 Å². The zero-order valence-corrected chi connectivity index (χ0v) is 17.4. The van der Waals surface area contributed by atoms with Gasteiger partial charge in [-0.3, -0.25) is 9.67 Å². The van der Waals surface area contributed by atoms with Crippen LogP contribution in [0.1, 0.15) is 44.8 Å². The van der Waals surface area contributed by atoms with Crippen LogP contribution in [0.3, 0.4) is 0 Å². The lowest BCUT2D eigenvalue weighted by Crippen LogP contribution is -2.38. The highest BCUT2D eigenvalue weighted by molar-refractivity contribution is 14.0. The van der Waals surface area contributed by atoms with Crippen LogP contribution in [0, 0.1) is 0 Å². The Balaban J connectivity index is 0.00000312. The van der Waals surface area contributed by atoms with E-state index >= 15 is 0 Å². The molecule has 2 N–H and O–H groups in total. The molecule has 8 nitrogen and oxygen atoms in total. The SMILES string of the molecule is CCNC(=NCCCn1cccn1)NCCc1nc(C(C)C)no1.I. The number of aromatic nitrogens is 4. The summed E-state index contributed by atoms with van der Waals surface area (Å²) in [5.41, 5.74) is 0. The van der Waals surface area contributed by atoms with E-state index in [1.807, 2.05) is 37.7 Å². The Labute approximate surface area is 165 Å². The van der Waals surface area contributed by atoms with E-state index in [2.05, 4.69) is 30.9 Å². The summed E-state index contributed by atoms with van der Waals surface area (Å²) >= 11 is 0. The third kappa shape index (κ3) is 7.84. The average molecular weight is 461 g/mol. The van der Waals surface area contributed by atoms with Crippen LogP contribution >= 0.6 is 24.0 Å². The van der Waals surface area contributed by atoms with Crippen LogP contribution in [0.15, 0.2) is 28.0 Å². The molecule has 0 atom stereocenters. The van der Waals surface area contributed by atoms with Crippen molar-refractivity contribution in [3.8, 4) is 0 Å². The number of hydrogen-bond donors (Lipinski definition) is 2. The molecule has 0 bridgehead atoms. The minimum absolute atomic E-state index is 0. The van der Waals surface area contributed by atoms with E-state index in [4.69, 9.17) is 4.52 Å². The zero-order valence-electron chi connectivity index (χ0n) is 15.1. The summed E-state index contributed by atoms with van der Waals surface area (Å²) < 4.78 is 7.15. The highest BCUT2D eigenvalue weighted by Gasteiger charge is 2.09. The first-order valence-electron chi connectivity index (χ1n) is 8.51. The van der Waals surface area contributed by atoms with Crippen molar-refractivity contribution in [1.82, 2.24) is 30.6 Å². The van der Waals surface area contributed by atoms with Crippen LogP contribution in [-0.2, 0) is 13.0 Å². The van der Waals surface area contributed by atoms with Gasteiger partial charge in [-0.15, -0.1) is 24.0 Å². The van der Waals surface area contributed by atoms with Crippen molar-refractivity contribution in [3.63, 3.8) is 0 Å². The Kier molecular flexibility index (Phi) is 10.1. The van der Waals surface area contributed by atoms with E-state index in [1.165, 1.54) is 0 Å². The molecule has 2 aromatic heterocycles. The van der Waals surface area contributed by atoms with E-state index < -0.39 is 0 Å². The minimum Gasteiger partial charge on any atom is -0.357 e. The lowest BCUT2D eigenvalue weighted by molar-refractivity contribution is 0.371. The third-order valence-electron chi connectivity index (χ3n) is 3.35. The van der Waals surface area contributed by atoms with Gasteiger partial charge in [-0.2, -0.15) is 10.1 Å². The summed E-state index contributed by atoms with van der Waals surface area (Å²) in [4.78, 5) is 8.93. The molecule has 0 aliphatic rings. The lowest BCUT2D eigenvalue weighted by atomic mass is 10.2. The smallest absolute Gasteiger partial charge is 0.228 e. The maximum atomic E-state index is 5.24. The van der Waals surface area contributed by atoms with Crippen molar-refractivity contribution in [2.24, 2.45) is 4.99 Å². The van der Waals surface area contributed by atoms with Crippen molar-refractivity contribution < 1.29 is 4.52 Å². The van der Waals surface area contributed by atoms with Gasteiger partial charge in [0.15, 0.2) is 11.8 Å². The highest BCUT2D eigenvalue weighted by Crippen LogP contribution is 2.09. The third-order valence-corrected chi connectivity index (χ3v) is 3.35. The van der Waals surface area contributed by atoms with Crippen molar-refractivity contribution in [3.05, 3.63) is 30.2 Å². The van der Waals surface area contributed by atoms with Crippen LogP contribution < -0.4 is 10.6 Å². The molecule has 0 aromatic carbocycles. The largest absolute Gasteiger partial charge is 0.357 e. The number of halogens is 1. The van der Waals surface area contributed by atoms with Gasteiger partial charge in [-0.1, -0.05) is 19.0 Å². The van der Waals surface area contributed by atoms with Crippen molar-refractivity contribution in [2.75, 3.05) is 19.6 Å². The average Bonchev–Trinajstić information content (AvgIpc) is 3.23. The zero-order chi connectivity index (χ0) is 17.2. The standard InChI is InChI=1S/C16H27N7O.HI/c1-4-17-16(18-8-5-11-23-12-6-9-20-23)19-10-7-14-21-15(13(2)3)22-24-14;/h6,9,12-13H,4-5,7-8,10-11H2,1-3H3,(H2,17,18,19);1H. The summed E-state index contributed by atoms with van der Waals surface area (Å²) in [7, 11) is 0. The fraction of sp³-hybridized carbons (Fsp3) is 0.625. The predicted molar refractivity (Wildman–Crippen MR) is 108 cm³/mol. The van der Waals surface area contributed by atoms with Crippen LogP contribution in [0.25, 0.3) is 0 Å².